The molecule has 0 heterocycles. The third-order valence-electron chi connectivity index (χ3n) is 5.66. The summed E-state index contributed by atoms with van der Waals surface area (Å²) in [7, 11) is 8.46. The number of quaternary nitrogens is 1. The Balaban J connectivity index is 4.77. The van der Waals surface area contributed by atoms with E-state index >= 15 is 0 Å². The molecule has 0 fully saturated rings. The molecule has 0 amide bonds. The maximum atomic E-state index is 12.2. The third kappa shape index (κ3) is 7.78. The van der Waals surface area contributed by atoms with Gasteiger partial charge in [0.25, 0.3) is 0 Å². The quantitative estimate of drug-likeness (QED) is 0.326. The van der Waals surface area contributed by atoms with Crippen LogP contribution in [0.2, 0.25) is 0 Å². The summed E-state index contributed by atoms with van der Waals surface area (Å²) in [5.41, 5.74) is -1.49. The number of carbonyl (C=O) groups is 2. The molecule has 0 radical (unpaired) electrons. The largest absolute Gasteiger partial charge is 0.544 e. The Morgan fingerprint density at radius 3 is 1.63 bits per heavy atom. The average Bonchev–Trinajstić information content (AvgIpc) is 2.53. The second-order valence-corrected chi connectivity index (χ2v) is 8.86. The molecule has 0 saturated carbocycles. The van der Waals surface area contributed by atoms with Gasteiger partial charge in [0.2, 0.25) is 0 Å². The van der Waals surface area contributed by atoms with Gasteiger partial charge >= 0.3 is 5.97 Å². The van der Waals surface area contributed by atoms with Crippen molar-refractivity contribution in [2.45, 2.75) is 89.1 Å². The molecule has 0 aromatic heterocycles. The average molecular weight is 387 g/mol. The summed E-state index contributed by atoms with van der Waals surface area (Å²) >= 11 is 0. The van der Waals surface area contributed by atoms with Crippen molar-refractivity contribution >= 4 is 11.9 Å². The van der Waals surface area contributed by atoms with E-state index in [9.17, 15) is 19.8 Å². The van der Waals surface area contributed by atoms with Crippen molar-refractivity contribution in [1.82, 2.24) is 4.90 Å². The molecule has 0 rings (SSSR count). The van der Waals surface area contributed by atoms with Crippen LogP contribution in [0.25, 0.3) is 0 Å². The molecule has 6 nitrogen and oxygen atoms in total. The molecule has 0 bridgehead atoms. The number of aliphatic carboxylic acids is 2. The van der Waals surface area contributed by atoms with Crippen LogP contribution < -0.4 is 5.11 Å². The maximum Gasteiger partial charge on any atom is 0.327 e. The molecule has 1 N–H and O–H groups in total. The fraction of sp³-hybridized carbons (Fsp3) is 0.905. The Morgan fingerprint density at radius 1 is 0.926 bits per heavy atom. The van der Waals surface area contributed by atoms with Crippen molar-refractivity contribution < 1.29 is 24.3 Å². The molecule has 0 aliphatic carbocycles. The number of likely N-dealkylation sites (N-methyl/N-ethyl adjacent to an activating group) is 2. The van der Waals surface area contributed by atoms with Gasteiger partial charge in [0, 0.05) is 6.42 Å². The minimum Gasteiger partial charge on any atom is -0.544 e. The lowest BCUT2D eigenvalue weighted by Crippen LogP contribution is -2.75. The van der Waals surface area contributed by atoms with Gasteiger partial charge in [0.05, 0.1) is 21.1 Å². The van der Waals surface area contributed by atoms with Gasteiger partial charge in [-0.3, -0.25) is 9.69 Å². The highest BCUT2D eigenvalue weighted by Crippen LogP contribution is 2.32. The lowest BCUT2D eigenvalue weighted by molar-refractivity contribution is -0.918. The van der Waals surface area contributed by atoms with Crippen molar-refractivity contribution in [3.8, 4) is 0 Å². The lowest BCUT2D eigenvalue weighted by atomic mass is 9.80. The van der Waals surface area contributed by atoms with E-state index < -0.39 is 23.5 Å². The number of carbonyl (C=O) groups excluding carboxylic acids is 1. The van der Waals surface area contributed by atoms with Gasteiger partial charge in [0.15, 0.2) is 11.6 Å². The van der Waals surface area contributed by atoms with Gasteiger partial charge in [0.1, 0.15) is 5.97 Å². The maximum absolute atomic E-state index is 12.2. The molecule has 0 aromatic carbocycles. The van der Waals surface area contributed by atoms with Crippen LogP contribution in [0.3, 0.4) is 0 Å². The fourth-order valence-electron chi connectivity index (χ4n) is 4.06. The smallest absolute Gasteiger partial charge is 0.327 e. The Kier molecular flexibility index (Phi) is 11.8. The summed E-state index contributed by atoms with van der Waals surface area (Å²) in [5.74, 6) is -2.41. The van der Waals surface area contributed by atoms with E-state index in [2.05, 4.69) is 6.92 Å². The summed E-state index contributed by atoms with van der Waals surface area (Å²) in [6, 6.07) is -1.14. The molecule has 0 spiro atoms. The summed E-state index contributed by atoms with van der Waals surface area (Å²) in [5, 5.41) is 21.9. The molecular formula is C21H42N2O4. The van der Waals surface area contributed by atoms with Gasteiger partial charge in [-0.25, -0.2) is 0 Å². The normalized spacial score (nSPS) is 15.5. The van der Waals surface area contributed by atoms with Crippen LogP contribution in [0.1, 0.15) is 77.6 Å². The zero-order valence-electron chi connectivity index (χ0n) is 18.4. The predicted octanol–water partition coefficient (Wildman–Crippen LogP) is 2.51. The van der Waals surface area contributed by atoms with Crippen LogP contribution in [-0.2, 0) is 9.59 Å². The molecule has 6 heteroatoms. The van der Waals surface area contributed by atoms with E-state index in [1.807, 2.05) is 0 Å². The highest BCUT2D eigenvalue weighted by Gasteiger charge is 2.55. The summed E-state index contributed by atoms with van der Waals surface area (Å²) < 4.78 is 0.0158. The number of rotatable bonds is 16. The van der Waals surface area contributed by atoms with Crippen LogP contribution in [0.5, 0.6) is 0 Å². The zero-order chi connectivity index (χ0) is 21.1. The van der Waals surface area contributed by atoms with Crippen LogP contribution in [0, 0.1) is 0 Å². The molecule has 27 heavy (non-hydrogen) atoms. The summed E-state index contributed by atoms with van der Waals surface area (Å²) in [6.45, 7) is 2.22. The number of hydrogen-bond acceptors (Lipinski definition) is 4. The van der Waals surface area contributed by atoms with Gasteiger partial charge in [-0.05, 0) is 20.5 Å². The highest BCUT2D eigenvalue weighted by molar-refractivity contribution is 5.87. The van der Waals surface area contributed by atoms with Gasteiger partial charge < -0.3 is 19.5 Å². The third-order valence-corrected chi connectivity index (χ3v) is 5.66. The van der Waals surface area contributed by atoms with Gasteiger partial charge in [-0.2, -0.15) is 0 Å². The fourth-order valence-corrected chi connectivity index (χ4v) is 4.06. The van der Waals surface area contributed by atoms with Crippen molar-refractivity contribution in [3.05, 3.63) is 0 Å². The van der Waals surface area contributed by atoms with Crippen molar-refractivity contribution in [2.24, 2.45) is 0 Å². The Bertz CT molecular complexity index is 446. The van der Waals surface area contributed by atoms with Crippen molar-refractivity contribution in [2.75, 3.05) is 35.2 Å². The van der Waals surface area contributed by atoms with E-state index in [1.165, 1.54) is 43.4 Å². The minimum atomic E-state index is -1.49. The zero-order valence-corrected chi connectivity index (χ0v) is 18.4. The summed E-state index contributed by atoms with van der Waals surface area (Å²) in [6.07, 6.45) is 11.8. The second kappa shape index (κ2) is 12.3. The molecule has 0 aromatic rings. The number of carboxylic acid groups (broad SMARTS) is 2. The van der Waals surface area contributed by atoms with E-state index in [-0.39, 0.29) is 4.48 Å². The first kappa shape index (κ1) is 25.9. The first-order chi connectivity index (χ1) is 12.5. The molecule has 0 saturated heterocycles. The van der Waals surface area contributed by atoms with Crippen LogP contribution in [0.4, 0.5) is 0 Å². The van der Waals surface area contributed by atoms with Crippen molar-refractivity contribution in [3.63, 3.8) is 0 Å². The molecule has 2 unspecified atom stereocenters. The monoisotopic (exact) mass is 386 g/mol. The number of unbranched alkanes of at least 4 members (excludes halogenated alkanes) is 9. The SMILES string of the molecule is CCCCCCCCCCCCC(C(=O)[O-])(C(C(=O)O)N(C)C)[N+](C)(C)C. The van der Waals surface area contributed by atoms with Crippen molar-refractivity contribution in [1.29, 1.82) is 0 Å². The first-order valence-electron chi connectivity index (χ1n) is 10.4. The Labute approximate surface area is 166 Å². The van der Waals surface area contributed by atoms with E-state index in [0.717, 1.165) is 19.3 Å². The molecule has 0 aliphatic heterocycles. The number of nitrogens with zero attached hydrogens (tertiary/aromatic N) is 2. The Morgan fingerprint density at radius 2 is 1.33 bits per heavy atom. The van der Waals surface area contributed by atoms with Crippen LogP contribution in [-0.4, -0.2) is 73.2 Å². The van der Waals surface area contributed by atoms with Crippen LogP contribution in [0.15, 0.2) is 0 Å². The topological polar surface area (TPSA) is 80.7 Å². The molecular weight excluding hydrogens is 344 g/mol. The van der Waals surface area contributed by atoms with E-state index in [1.54, 1.807) is 35.2 Å². The second-order valence-electron chi connectivity index (χ2n) is 8.86. The van der Waals surface area contributed by atoms with Gasteiger partial charge in [-0.1, -0.05) is 64.7 Å². The predicted molar refractivity (Wildman–Crippen MR) is 107 cm³/mol. The van der Waals surface area contributed by atoms with Gasteiger partial charge in [-0.15, -0.1) is 0 Å². The summed E-state index contributed by atoms with van der Waals surface area (Å²) in [4.78, 5) is 25.6. The number of hydrogen-bond donors (Lipinski definition) is 1. The standard InChI is InChI=1S/C21H42N2O4/c1-7-8-9-10-11-12-13-14-15-16-17-21(20(26)27,23(4,5)6)18(19(24)25)22(2)3/h18H,7-17H2,1-6H3,(H-,24,25,26,27). The Hall–Kier alpha value is -1.14. The molecule has 0 aliphatic rings. The van der Waals surface area contributed by atoms with E-state index in [4.69, 9.17) is 0 Å². The molecule has 2 atom stereocenters. The molecule has 160 valence electrons. The number of carboxylic acids is 2. The van der Waals surface area contributed by atoms with Crippen LogP contribution >= 0.6 is 0 Å². The lowest BCUT2D eigenvalue weighted by Gasteiger charge is -2.51. The van der Waals surface area contributed by atoms with E-state index in [0.29, 0.717) is 12.8 Å². The highest BCUT2D eigenvalue weighted by atomic mass is 16.4. The minimum absolute atomic E-state index is 0.0158. The first-order valence-corrected chi connectivity index (χ1v) is 10.4.